The molecule has 0 amide bonds. The van der Waals surface area contributed by atoms with Gasteiger partial charge >= 0.3 is 5.97 Å². The van der Waals surface area contributed by atoms with E-state index in [0.717, 1.165) is 21.8 Å². The van der Waals surface area contributed by atoms with Gasteiger partial charge in [-0.3, -0.25) is 0 Å². The number of ether oxygens (including phenoxy) is 1. The van der Waals surface area contributed by atoms with Crippen LogP contribution in [0.2, 0.25) is 0 Å². The van der Waals surface area contributed by atoms with Gasteiger partial charge < -0.3 is 9.30 Å². The smallest absolute Gasteiger partial charge is 0.338 e. The van der Waals surface area contributed by atoms with Gasteiger partial charge in [-0.2, -0.15) is 0 Å². The molecule has 0 aliphatic heterocycles. The van der Waals surface area contributed by atoms with Crippen LogP contribution in [0.4, 0.5) is 0 Å². The highest BCUT2D eigenvalue weighted by Crippen LogP contribution is 2.19. The van der Waals surface area contributed by atoms with E-state index in [2.05, 4.69) is 4.98 Å². The Kier molecular flexibility index (Phi) is 3.71. The first kappa shape index (κ1) is 14.5. The number of fused-ring (bicyclic) bond motifs is 2. The average Bonchev–Trinajstić information content (AvgIpc) is 3.04. The highest BCUT2D eigenvalue weighted by molar-refractivity contribution is 6.04. The Morgan fingerprint density at radius 2 is 1.75 bits per heavy atom. The van der Waals surface area contributed by atoms with E-state index in [9.17, 15) is 4.79 Å². The lowest BCUT2D eigenvalue weighted by Crippen LogP contribution is -2.11. The van der Waals surface area contributed by atoms with Crippen LogP contribution in [0.1, 0.15) is 10.4 Å². The Morgan fingerprint density at radius 3 is 2.71 bits per heavy atom. The van der Waals surface area contributed by atoms with Crippen molar-refractivity contribution >= 4 is 27.8 Å². The molecule has 0 fully saturated rings. The number of nitrogens with zero attached hydrogens (tertiary/aromatic N) is 2. The Hall–Kier alpha value is -3.14. The third-order valence-electron chi connectivity index (χ3n) is 4.10. The molecule has 4 rings (SSSR count). The van der Waals surface area contributed by atoms with E-state index in [-0.39, 0.29) is 5.97 Å². The number of benzene rings is 3. The summed E-state index contributed by atoms with van der Waals surface area (Å²) in [5.74, 6) is -0.295. The van der Waals surface area contributed by atoms with Crippen LogP contribution in [0.5, 0.6) is 0 Å². The molecular weight excluding hydrogens is 300 g/mol. The largest absolute Gasteiger partial charge is 0.460 e. The normalized spacial score (nSPS) is 11.0. The average molecular weight is 316 g/mol. The van der Waals surface area contributed by atoms with E-state index < -0.39 is 0 Å². The van der Waals surface area contributed by atoms with Gasteiger partial charge in [0.05, 0.1) is 29.5 Å². The van der Waals surface area contributed by atoms with Crippen LogP contribution in [0, 0.1) is 0 Å². The maximum absolute atomic E-state index is 12.4. The number of para-hydroxylation sites is 2. The van der Waals surface area contributed by atoms with Crippen molar-refractivity contribution < 1.29 is 9.53 Å². The molecule has 0 saturated heterocycles. The molecule has 1 aromatic heterocycles. The van der Waals surface area contributed by atoms with Crippen LogP contribution in [0.25, 0.3) is 21.8 Å². The second-order valence-corrected chi connectivity index (χ2v) is 5.59. The molecule has 4 heteroatoms. The molecule has 4 aromatic rings. The predicted molar refractivity (Wildman–Crippen MR) is 94.0 cm³/mol. The minimum atomic E-state index is -0.295. The molecule has 1 heterocycles. The molecule has 0 spiro atoms. The van der Waals surface area contributed by atoms with Gasteiger partial charge in [0.2, 0.25) is 0 Å². The van der Waals surface area contributed by atoms with E-state index in [1.54, 1.807) is 12.4 Å². The van der Waals surface area contributed by atoms with Crippen LogP contribution < -0.4 is 0 Å². The zero-order chi connectivity index (χ0) is 16.4. The van der Waals surface area contributed by atoms with E-state index in [4.69, 9.17) is 4.74 Å². The lowest BCUT2D eigenvalue weighted by atomic mass is 10.1. The molecular formula is C20H16N2O2. The van der Waals surface area contributed by atoms with E-state index in [1.165, 1.54) is 0 Å². The van der Waals surface area contributed by atoms with Crippen LogP contribution in [-0.2, 0) is 11.3 Å². The van der Waals surface area contributed by atoms with Crippen molar-refractivity contribution in [3.8, 4) is 0 Å². The number of aromatic nitrogens is 2. The fourth-order valence-electron chi connectivity index (χ4n) is 2.91. The first-order valence-corrected chi connectivity index (χ1v) is 7.88. The summed E-state index contributed by atoms with van der Waals surface area (Å²) in [5, 5.41) is 1.95. The standard InChI is InChI=1S/C20H16N2O2/c23-20(17-9-5-7-15-6-1-2-8-16(15)17)24-13-12-22-14-21-18-10-3-4-11-19(18)22/h1-11,14H,12-13H2. The van der Waals surface area contributed by atoms with Crippen molar-refractivity contribution in [1.82, 2.24) is 9.55 Å². The molecule has 0 N–H and O–H groups in total. The fourth-order valence-corrected chi connectivity index (χ4v) is 2.91. The van der Waals surface area contributed by atoms with Gasteiger partial charge in [0.25, 0.3) is 0 Å². The van der Waals surface area contributed by atoms with Gasteiger partial charge in [-0.1, -0.05) is 48.5 Å². The Bertz CT molecular complexity index is 1010. The molecule has 4 nitrogen and oxygen atoms in total. The van der Waals surface area contributed by atoms with Crippen LogP contribution in [0.3, 0.4) is 0 Å². The zero-order valence-corrected chi connectivity index (χ0v) is 13.1. The summed E-state index contributed by atoms with van der Waals surface area (Å²) in [5.41, 5.74) is 2.58. The summed E-state index contributed by atoms with van der Waals surface area (Å²) in [4.78, 5) is 16.7. The lowest BCUT2D eigenvalue weighted by Gasteiger charge is -2.08. The van der Waals surface area contributed by atoms with Crippen molar-refractivity contribution in [2.24, 2.45) is 0 Å². The Morgan fingerprint density at radius 1 is 0.958 bits per heavy atom. The number of rotatable bonds is 4. The lowest BCUT2D eigenvalue weighted by molar-refractivity contribution is 0.0495. The zero-order valence-electron chi connectivity index (χ0n) is 13.1. The molecule has 0 bridgehead atoms. The third kappa shape index (κ3) is 2.63. The number of hydrogen-bond acceptors (Lipinski definition) is 3. The predicted octanol–water partition coefficient (Wildman–Crippen LogP) is 4.05. The van der Waals surface area contributed by atoms with Crippen molar-refractivity contribution in [2.45, 2.75) is 6.54 Å². The summed E-state index contributed by atoms with van der Waals surface area (Å²) in [6.45, 7) is 0.888. The molecule has 0 unspecified atom stereocenters. The second-order valence-electron chi connectivity index (χ2n) is 5.59. The molecule has 0 aliphatic carbocycles. The number of carbonyl (C=O) groups excluding carboxylic acids is 1. The summed E-state index contributed by atoms with van der Waals surface area (Å²) in [6, 6.07) is 21.4. The summed E-state index contributed by atoms with van der Waals surface area (Å²) in [6.07, 6.45) is 1.77. The maximum atomic E-state index is 12.4. The molecule has 3 aromatic carbocycles. The number of hydrogen-bond donors (Lipinski definition) is 0. The van der Waals surface area contributed by atoms with Crippen molar-refractivity contribution in [2.75, 3.05) is 6.61 Å². The Balaban J connectivity index is 1.48. The molecule has 118 valence electrons. The highest BCUT2D eigenvalue weighted by Gasteiger charge is 2.11. The number of esters is 1. The van der Waals surface area contributed by atoms with Gasteiger partial charge in [-0.05, 0) is 29.0 Å². The van der Waals surface area contributed by atoms with E-state index in [0.29, 0.717) is 18.7 Å². The second kappa shape index (κ2) is 6.16. The van der Waals surface area contributed by atoms with Gasteiger partial charge in [0.1, 0.15) is 6.61 Å². The quantitative estimate of drug-likeness (QED) is 0.534. The molecule has 0 aliphatic rings. The van der Waals surface area contributed by atoms with E-state index >= 15 is 0 Å². The Labute approximate surface area is 139 Å². The monoisotopic (exact) mass is 316 g/mol. The molecule has 0 radical (unpaired) electrons. The summed E-state index contributed by atoms with van der Waals surface area (Å²) < 4.78 is 7.46. The first-order chi connectivity index (χ1) is 11.8. The maximum Gasteiger partial charge on any atom is 0.338 e. The van der Waals surface area contributed by atoms with Crippen LogP contribution >= 0.6 is 0 Å². The van der Waals surface area contributed by atoms with Gasteiger partial charge in [0, 0.05) is 0 Å². The van der Waals surface area contributed by atoms with Gasteiger partial charge in [-0.25, -0.2) is 9.78 Å². The fraction of sp³-hybridized carbons (Fsp3) is 0.100. The SMILES string of the molecule is O=C(OCCn1cnc2ccccc21)c1cccc2ccccc12. The van der Waals surface area contributed by atoms with Crippen molar-refractivity contribution in [1.29, 1.82) is 0 Å². The van der Waals surface area contributed by atoms with Gasteiger partial charge in [0.15, 0.2) is 0 Å². The topological polar surface area (TPSA) is 44.1 Å². The highest BCUT2D eigenvalue weighted by atomic mass is 16.5. The molecule has 24 heavy (non-hydrogen) atoms. The van der Waals surface area contributed by atoms with Crippen molar-refractivity contribution in [3.63, 3.8) is 0 Å². The number of carbonyl (C=O) groups is 1. The number of imidazole rings is 1. The summed E-state index contributed by atoms with van der Waals surface area (Å²) in [7, 11) is 0. The van der Waals surface area contributed by atoms with Crippen molar-refractivity contribution in [3.05, 3.63) is 78.6 Å². The minimum Gasteiger partial charge on any atom is -0.460 e. The van der Waals surface area contributed by atoms with Crippen LogP contribution in [0.15, 0.2) is 73.1 Å². The first-order valence-electron chi connectivity index (χ1n) is 7.88. The third-order valence-corrected chi connectivity index (χ3v) is 4.10. The van der Waals surface area contributed by atoms with Gasteiger partial charge in [-0.15, -0.1) is 0 Å². The minimum absolute atomic E-state index is 0.295. The summed E-state index contributed by atoms with van der Waals surface area (Å²) >= 11 is 0. The molecule has 0 atom stereocenters. The van der Waals surface area contributed by atoms with Crippen LogP contribution in [-0.4, -0.2) is 22.1 Å². The van der Waals surface area contributed by atoms with E-state index in [1.807, 2.05) is 65.2 Å². The molecule has 0 saturated carbocycles.